The first-order chi connectivity index (χ1) is 9.74. The van der Waals surface area contributed by atoms with Crippen LogP contribution < -0.4 is 10.1 Å². The van der Waals surface area contributed by atoms with Crippen molar-refractivity contribution >= 4 is 0 Å². The molecule has 1 heterocycles. The van der Waals surface area contributed by atoms with E-state index in [1.807, 2.05) is 12.3 Å². The quantitative estimate of drug-likeness (QED) is 0.815. The van der Waals surface area contributed by atoms with E-state index in [9.17, 15) is 0 Å². The van der Waals surface area contributed by atoms with Gasteiger partial charge in [-0.3, -0.25) is 4.98 Å². The number of hydrogen-bond donors (Lipinski definition) is 1. The van der Waals surface area contributed by atoms with Crippen molar-refractivity contribution in [2.75, 3.05) is 13.7 Å². The van der Waals surface area contributed by atoms with Crippen LogP contribution in [0.1, 0.15) is 24.5 Å². The summed E-state index contributed by atoms with van der Waals surface area (Å²) in [5.41, 5.74) is 4.87. The molecule has 1 N–H and O–H groups in total. The Morgan fingerprint density at radius 1 is 1.20 bits per heavy atom. The smallest absolute Gasteiger partial charge is 0.137 e. The van der Waals surface area contributed by atoms with Crippen LogP contribution in [0.3, 0.4) is 0 Å². The fourth-order valence-corrected chi connectivity index (χ4v) is 2.25. The minimum absolute atomic E-state index is 0.788. The van der Waals surface area contributed by atoms with Crippen LogP contribution in [0, 0.1) is 6.92 Å². The predicted octanol–water partition coefficient (Wildman–Crippen LogP) is 3.57. The minimum Gasteiger partial charge on any atom is -0.495 e. The highest BCUT2D eigenvalue weighted by atomic mass is 16.5. The first kappa shape index (κ1) is 14.5. The fourth-order valence-electron chi connectivity index (χ4n) is 2.25. The molecule has 1 aromatic carbocycles. The van der Waals surface area contributed by atoms with Gasteiger partial charge in [-0.2, -0.15) is 0 Å². The van der Waals surface area contributed by atoms with Gasteiger partial charge in [0.2, 0.25) is 0 Å². The molecule has 1 aromatic heterocycles. The molecule has 0 spiro atoms. The number of pyridine rings is 1. The van der Waals surface area contributed by atoms with Crippen LogP contribution in [0.4, 0.5) is 0 Å². The number of ether oxygens (including phenoxy) is 1. The highest BCUT2D eigenvalue weighted by molar-refractivity contribution is 5.67. The van der Waals surface area contributed by atoms with Gasteiger partial charge >= 0.3 is 0 Å². The van der Waals surface area contributed by atoms with Crippen molar-refractivity contribution in [3.8, 4) is 16.9 Å². The Labute approximate surface area is 121 Å². The molecule has 0 aliphatic rings. The molecule has 0 fully saturated rings. The molecule has 0 amide bonds. The Kier molecular flexibility index (Phi) is 5.13. The van der Waals surface area contributed by atoms with Gasteiger partial charge in [-0.1, -0.05) is 25.1 Å². The number of nitrogens with one attached hydrogen (secondary N) is 1. The second-order valence-electron chi connectivity index (χ2n) is 4.94. The van der Waals surface area contributed by atoms with Gasteiger partial charge in [-0.05, 0) is 42.6 Å². The second-order valence-corrected chi connectivity index (χ2v) is 4.94. The van der Waals surface area contributed by atoms with Crippen LogP contribution in [0.15, 0.2) is 36.7 Å². The molecule has 0 aliphatic carbocycles. The molecule has 20 heavy (non-hydrogen) atoms. The maximum absolute atomic E-state index is 5.23. The van der Waals surface area contributed by atoms with E-state index in [1.54, 1.807) is 13.3 Å². The summed E-state index contributed by atoms with van der Waals surface area (Å²) in [6, 6.07) is 8.58. The largest absolute Gasteiger partial charge is 0.495 e. The Hall–Kier alpha value is -1.87. The van der Waals surface area contributed by atoms with Gasteiger partial charge in [-0.15, -0.1) is 0 Å². The molecule has 3 heteroatoms. The molecule has 0 atom stereocenters. The number of hydrogen-bond acceptors (Lipinski definition) is 3. The van der Waals surface area contributed by atoms with Crippen LogP contribution >= 0.6 is 0 Å². The number of rotatable bonds is 6. The third-order valence-corrected chi connectivity index (χ3v) is 3.31. The maximum Gasteiger partial charge on any atom is 0.137 e. The van der Waals surface area contributed by atoms with Gasteiger partial charge in [0.25, 0.3) is 0 Å². The first-order valence-corrected chi connectivity index (χ1v) is 7.04. The van der Waals surface area contributed by atoms with Crippen LogP contribution in [-0.4, -0.2) is 18.6 Å². The van der Waals surface area contributed by atoms with E-state index in [0.717, 1.165) is 30.8 Å². The van der Waals surface area contributed by atoms with Gasteiger partial charge in [0, 0.05) is 18.3 Å². The average molecular weight is 270 g/mol. The van der Waals surface area contributed by atoms with Crippen molar-refractivity contribution in [2.45, 2.75) is 26.8 Å². The van der Waals surface area contributed by atoms with Crippen molar-refractivity contribution < 1.29 is 4.74 Å². The van der Waals surface area contributed by atoms with Crippen molar-refractivity contribution in [1.29, 1.82) is 0 Å². The molecule has 2 aromatic rings. The summed E-state index contributed by atoms with van der Waals surface area (Å²) in [6.07, 6.45) is 4.76. The van der Waals surface area contributed by atoms with E-state index in [4.69, 9.17) is 4.74 Å². The van der Waals surface area contributed by atoms with Crippen LogP contribution in [0.2, 0.25) is 0 Å². The first-order valence-electron chi connectivity index (χ1n) is 7.04. The molecule has 0 saturated heterocycles. The Morgan fingerprint density at radius 2 is 2.05 bits per heavy atom. The molecule has 3 nitrogen and oxygen atoms in total. The van der Waals surface area contributed by atoms with Crippen LogP contribution in [-0.2, 0) is 6.54 Å². The van der Waals surface area contributed by atoms with E-state index in [-0.39, 0.29) is 0 Å². The van der Waals surface area contributed by atoms with Crippen molar-refractivity contribution in [3.05, 3.63) is 47.8 Å². The summed E-state index contributed by atoms with van der Waals surface area (Å²) < 4.78 is 5.23. The summed E-state index contributed by atoms with van der Waals surface area (Å²) in [7, 11) is 1.66. The average Bonchev–Trinajstić information content (AvgIpc) is 2.48. The Bertz CT molecular complexity index is 567. The lowest BCUT2D eigenvalue weighted by molar-refractivity contribution is 0.413. The highest BCUT2D eigenvalue weighted by Crippen LogP contribution is 2.26. The fraction of sp³-hybridized carbons (Fsp3) is 0.353. The van der Waals surface area contributed by atoms with E-state index in [1.165, 1.54) is 16.7 Å². The second kappa shape index (κ2) is 7.06. The molecule has 0 radical (unpaired) electrons. The normalized spacial score (nSPS) is 10.6. The number of methoxy groups -OCH3 is 1. The van der Waals surface area contributed by atoms with E-state index < -0.39 is 0 Å². The van der Waals surface area contributed by atoms with Crippen molar-refractivity contribution in [1.82, 2.24) is 10.3 Å². The van der Waals surface area contributed by atoms with E-state index in [2.05, 4.69) is 42.3 Å². The minimum atomic E-state index is 0.788. The summed E-state index contributed by atoms with van der Waals surface area (Å²) in [5, 5.41) is 3.42. The van der Waals surface area contributed by atoms with Crippen molar-refractivity contribution in [3.63, 3.8) is 0 Å². The molecule has 0 aliphatic heterocycles. The molecule has 0 saturated carbocycles. The molecule has 0 unspecified atom stereocenters. The monoisotopic (exact) mass is 270 g/mol. The van der Waals surface area contributed by atoms with Gasteiger partial charge < -0.3 is 10.1 Å². The van der Waals surface area contributed by atoms with Crippen molar-refractivity contribution in [2.24, 2.45) is 0 Å². The third-order valence-electron chi connectivity index (χ3n) is 3.31. The molecule has 0 bridgehead atoms. The number of benzene rings is 1. The lowest BCUT2D eigenvalue weighted by atomic mass is 9.99. The van der Waals surface area contributed by atoms with Gasteiger partial charge in [0.05, 0.1) is 13.3 Å². The summed E-state index contributed by atoms with van der Waals surface area (Å²) >= 11 is 0. The Morgan fingerprint density at radius 3 is 2.75 bits per heavy atom. The van der Waals surface area contributed by atoms with Gasteiger partial charge in [0.1, 0.15) is 5.75 Å². The maximum atomic E-state index is 5.23. The number of aromatic nitrogens is 1. The number of nitrogens with zero attached hydrogens (tertiary/aromatic N) is 1. The molecule has 2 rings (SSSR count). The van der Waals surface area contributed by atoms with E-state index in [0.29, 0.717) is 0 Å². The molecular weight excluding hydrogens is 248 g/mol. The lowest BCUT2D eigenvalue weighted by Crippen LogP contribution is -2.13. The van der Waals surface area contributed by atoms with Crippen LogP contribution in [0.25, 0.3) is 11.1 Å². The van der Waals surface area contributed by atoms with Crippen LogP contribution in [0.5, 0.6) is 5.75 Å². The molecule has 106 valence electrons. The zero-order chi connectivity index (χ0) is 14.4. The molecular formula is C17H22N2O. The third kappa shape index (κ3) is 3.58. The highest BCUT2D eigenvalue weighted by Gasteiger charge is 2.05. The van der Waals surface area contributed by atoms with E-state index >= 15 is 0 Å². The van der Waals surface area contributed by atoms with Gasteiger partial charge in [0.15, 0.2) is 0 Å². The predicted molar refractivity (Wildman–Crippen MR) is 83.0 cm³/mol. The summed E-state index contributed by atoms with van der Waals surface area (Å²) in [4.78, 5) is 4.22. The van der Waals surface area contributed by atoms with Gasteiger partial charge in [-0.25, -0.2) is 0 Å². The summed E-state index contributed by atoms with van der Waals surface area (Å²) in [6.45, 7) is 6.29. The standard InChI is InChI=1S/C17H22N2O/c1-4-7-18-10-14-5-6-17(13(2)8-14)15-9-16(20-3)12-19-11-15/h5-6,8-9,11-12,18H,4,7,10H2,1-3H3. The topological polar surface area (TPSA) is 34.2 Å². The lowest BCUT2D eigenvalue weighted by Gasteiger charge is -2.10. The SMILES string of the molecule is CCCNCc1ccc(-c2cncc(OC)c2)c(C)c1. The number of aryl methyl sites for hydroxylation is 1. The zero-order valence-corrected chi connectivity index (χ0v) is 12.4. The zero-order valence-electron chi connectivity index (χ0n) is 12.4. The summed E-state index contributed by atoms with van der Waals surface area (Å²) in [5.74, 6) is 0.788. The Balaban J connectivity index is 2.20.